The van der Waals surface area contributed by atoms with E-state index in [-0.39, 0.29) is 12.5 Å². The van der Waals surface area contributed by atoms with Crippen LogP contribution < -0.4 is 4.90 Å². The SMILES string of the molecule is O=C(O)CN(C(=O)c1c2c(nc3ccccc13)CCCC2)c1ccccc1. The van der Waals surface area contributed by atoms with Crippen molar-refractivity contribution in [2.24, 2.45) is 0 Å². The standard InChI is InChI=1S/C22H20N2O3/c25-20(26)14-24(15-8-2-1-3-9-15)22(27)21-16-10-4-6-12-18(16)23-19-13-7-5-11-17(19)21/h1-4,6,8-10,12H,5,7,11,13-14H2,(H,25,26). The number of amides is 1. The smallest absolute Gasteiger partial charge is 0.323 e. The number of carbonyl (C=O) groups is 2. The Labute approximate surface area is 157 Å². The Morgan fingerprint density at radius 3 is 2.44 bits per heavy atom. The number of para-hydroxylation sites is 2. The van der Waals surface area contributed by atoms with E-state index in [9.17, 15) is 14.7 Å². The molecule has 5 nitrogen and oxygen atoms in total. The average Bonchev–Trinajstić information content (AvgIpc) is 2.70. The number of hydrogen-bond donors (Lipinski definition) is 1. The summed E-state index contributed by atoms with van der Waals surface area (Å²) in [4.78, 5) is 31.2. The van der Waals surface area contributed by atoms with Crippen LogP contribution in [-0.2, 0) is 17.6 Å². The van der Waals surface area contributed by atoms with Crippen molar-refractivity contribution in [3.05, 3.63) is 71.4 Å². The maximum absolute atomic E-state index is 13.6. The fraction of sp³-hybridized carbons (Fsp3) is 0.227. The van der Waals surface area contributed by atoms with Crippen LogP contribution in [0.4, 0.5) is 5.69 Å². The van der Waals surface area contributed by atoms with E-state index in [0.717, 1.165) is 47.8 Å². The molecular weight excluding hydrogens is 340 g/mol. The van der Waals surface area contributed by atoms with Gasteiger partial charge in [0.15, 0.2) is 0 Å². The molecule has 1 aliphatic rings. The minimum absolute atomic E-state index is 0.277. The summed E-state index contributed by atoms with van der Waals surface area (Å²) < 4.78 is 0. The van der Waals surface area contributed by atoms with E-state index in [4.69, 9.17) is 4.98 Å². The van der Waals surface area contributed by atoms with Gasteiger partial charge in [0.1, 0.15) is 6.54 Å². The molecule has 1 aliphatic carbocycles. The molecule has 0 aliphatic heterocycles. The van der Waals surface area contributed by atoms with Crippen molar-refractivity contribution in [1.82, 2.24) is 4.98 Å². The highest BCUT2D eigenvalue weighted by molar-refractivity contribution is 6.16. The van der Waals surface area contributed by atoms with E-state index in [1.807, 2.05) is 30.3 Å². The molecule has 5 heteroatoms. The molecule has 0 fully saturated rings. The van der Waals surface area contributed by atoms with Gasteiger partial charge in [0.05, 0.1) is 11.1 Å². The van der Waals surface area contributed by atoms with Crippen molar-refractivity contribution in [2.75, 3.05) is 11.4 Å². The summed E-state index contributed by atoms with van der Waals surface area (Å²) in [5.41, 5.74) is 3.89. The number of aromatic nitrogens is 1. The van der Waals surface area contributed by atoms with E-state index in [1.165, 1.54) is 4.90 Å². The highest BCUT2D eigenvalue weighted by Gasteiger charge is 2.27. The third-order valence-corrected chi connectivity index (χ3v) is 4.99. The topological polar surface area (TPSA) is 70.5 Å². The summed E-state index contributed by atoms with van der Waals surface area (Å²) in [7, 11) is 0. The highest BCUT2D eigenvalue weighted by atomic mass is 16.4. The van der Waals surface area contributed by atoms with Crippen LogP contribution in [0.25, 0.3) is 10.9 Å². The number of rotatable bonds is 4. The van der Waals surface area contributed by atoms with Crippen LogP contribution in [-0.4, -0.2) is 28.5 Å². The van der Waals surface area contributed by atoms with E-state index < -0.39 is 5.97 Å². The molecule has 1 N–H and O–H groups in total. The number of carboxylic acid groups (broad SMARTS) is 1. The number of aliphatic carboxylic acids is 1. The molecule has 2 aromatic carbocycles. The van der Waals surface area contributed by atoms with Crippen LogP contribution in [0.5, 0.6) is 0 Å². The van der Waals surface area contributed by atoms with Gasteiger partial charge in [-0.1, -0.05) is 36.4 Å². The zero-order valence-corrected chi connectivity index (χ0v) is 14.9. The Morgan fingerprint density at radius 1 is 0.963 bits per heavy atom. The average molecular weight is 360 g/mol. The summed E-state index contributed by atoms with van der Waals surface area (Å²) in [6.07, 6.45) is 3.72. The van der Waals surface area contributed by atoms with E-state index in [1.54, 1.807) is 24.3 Å². The van der Waals surface area contributed by atoms with Crippen molar-refractivity contribution in [1.29, 1.82) is 0 Å². The second-order valence-corrected chi connectivity index (χ2v) is 6.76. The fourth-order valence-corrected chi connectivity index (χ4v) is 3.78. The molecule has 0 saturated heterocycles. The lowest BCUT2D eigenvalue weighted by Gasteiger charge is -2.25. The van der Waals surface area contributed by atoms with Crippen LogP contribution in [0.3, 0.4) is 0 Å². The molecular formula is C22H20N2O3. The third-order valence-electron chi connectivity index (χ3n) is 4.99. The van der Waals surface area contributed by atoms with Gasteiger partial charge >= 0.3 is 5.97 Å². The van der Waals surface area contributed by atoms with Crippen LogP contribution in [0, 0.1) is 0 Å². The van der Waals surface area contributed by atoms with Crippen molar-refractivity contribution in [3.63, 3.8) is 0 Å². The number of carbonyl (C=O) groups excluding carboxylic acids is 1. The van der Waals surface area contributed by atoms with Gasteiger partial charge in [0.25, 0.3) is 5.91 Å². The third kappa shape index (κ3) is 3.28. The van der Waals surface area contributed by atoms with Crippen molar-refractivity contribution < 1.29 is 14.7 Å². The summed E-state index contributed by atoms with van der Waals surface area (Å²) in [5.74, 6) is -1.32. The van der Waals surface area contributed by atoms with Gasteiger partial charge in [-0.15, -0.1) is 0 Å². The number of pyridine rings is 1. The summed E-state index contributed by atoms with van der Waals surface area (Å²) in [5, 5.41) is 10.2. The zero-order chi connectivity index (χ0) is 18.8. The van der Waals surface area contributed by atoms with Gasteiger partial charge < -0.3 is 5.11 Å². The second-order valence-electron chi connectivity index (χ2n) is 6.76. The van der Waals surface area contributed by atoms with Gasteiger partial charge in [-0.3, -0.25) is 19.5 Å². The molecule has 27 heavy (non-hydrogen) atoms. The molecule has 0 atom stereocenters. The van der Waals surface area contributed by atoms with Gasteiger partial charge in [-0.05, 0) is 49.4 Å². The molecule has 0 saturated carbocycles. The van der Waals surface area contributed by atoms with E-state index >= 15 is 0 Å². The van der Waals surface area contributed by atoms with Crippen LogP contribution in [0.2, 0.25) is 0 Å². The first kappa shape index (κ1) is 17.2. The first-order valence-corrected chi connectivity index (χ1v) is 9.14. The highest BCUT2D eigenvalue weighted by Crippen LogP contribution is 2.31. The number of anilines is 1. The van der Waals surface area contributed by atoms with E-state index in [2.05, 4.69) is 0 Å². The first-order valence-electron chi connectivity index (χ1n) is 9.14. The maximum Gasteiger partial charge on any atom is 0.323 e. The lowest BCUT2D eigenvalue weighted by atomic mass is 9.89. The van der Waals surface area contributed by atoms with Crippen molar-refractivity contribution in [3.8, 4) is 0 Å². The predicted octanol–water partition coefficient (Wildman–Crippen LogP) is 3.85. The molecule has 0 radical (unpaired) electrons. The summed E-state index contributed by atoms with van der Waals surface area (Å²) in [6, 6.07) is 16.6. The quantitative estimate of drug-likeness (QED) is 0.767. The van der Waals surface area contributed by atoms with Crippen LogP contribution >= 0.6 is 0 Å². The molecule has 1 amide bonds. The zero-order valence-electron chi connectivity index (χ0n) is 14.9. The van der Waals surface area contributed by atoms with Gasteiger partial charge in [0.2, 0.25) is 0 Å². The summed E-state index contributed by atoms with van der Waals surface area (Å²) >= 11 is 0. The number of fused-ring (bicyclic) bond motifs is 2. The molecule has 0 unspecified atom stereocenters. The molecule has 0 spiro atoms. The van der Waals surface area contributed by atoms with Gasteiger partial charge in [-0.2, -0.15) is 0 Å². The monoisotopic (exact) mass is 360 g/mol. The number of carboxylic acids is 1. The maximum atomic E-state index is 13.6. The van der Waals surface area contributed by atoms with Crippen LogP contribution in [0.15, 0.2) is 54.6 Å². The van der Waals surface area contributed by atoms with Gasteiger partial charge in [0, 0.05) is 16.8 Å². The predicted molar refractivity (Wildman–Crippen MR) is 104 cm³/mol. The Balaban J connectivity index is 1.91. The first-order chi connectivity index (χ1) is 13.1. The number of aryl methyl sites for hydroxylation is 1. The van der Waals surface area contributed by atoms with E-state index in [0.29, 0.717) is 11.3 Å². The largest absolute Gasteiger partial charge is 0.480 e. The minimum Gasteiger partial charge on any atom is -0.480 e. The Morgan fingerprint density at radius 2 is 1.67 bits per heavy atom. The van der Waals surface area contributed by atoms with Gasteiger partial charge in [-0.25, -0.2) is 0 Å². The van der Waals surface area contributed by atoms with Crippen molar-refractivity contribution in [2.45, 2.75) is 25.7 Å². The summed E-state index contributed by atoms with van der Waals surface area (Å²) in [6.45, 7) is -0.381. The lowest BCUT2D eigenvalue weighted by molar-refractivity contribution is -0.135. The van der Waals surface area contributed by atoms with Crippen molar-refractivity contribution >= 4 is 28.5 Å². The molecule has 136 valence electrons. The second kappa shape index (κ2) is 7.19. The Kier molecular flexibility index (Phi) is 4.59. The molecule has 1 heterocycles. The normalized spacial score (nSPS) is 13.2. The van der Waals surface area contributed by atoms with Crippen LogP contribution in [0.1, 0.15) is 34.5 Å². The lowest BCUT2D eigenvalue weighted by Crippen LogP contribution is -2.36. The number of nitrogens with zero attached hydrogens (tertiary/aromatic N) is 2. The number of hydrogen-bond acceptors (Lipinski definition) is 3. The number of benzene rings is 2. The Hall–Kier alpha value is -3.21. The Bertz CT molecular complexity index is 1010. The molecule has 4 rings (SSSR count). The minimum atomic E-state index is -1.04. The molecule has 0 bridgehead atoms. The molecule has 1 aromatic heterocycles. The molecule has 3 aromatic rings. The fourth-order valence-electron chi connectivity index (χ4n) is 3.78.